The van der Waals surface area contributed by atoms with Crippen molar-refractivity contribution in [3.8, 4) is 0 Å². The number of ether oxygens (including phenoxy) is 1. The molecule has 0 aliphatic carbocycles. The summed E-state index contributed by atoms with van der Waals surface area (Å²) >= 11 is 0. The van der Waals surface area contributed by atoms with Gasteiger partial charge < -0.3 is 20.1 Å². The van der Waals surface area contributed by atoms with Crippen molar-refractivity contribution in [1.29, 1.82) is 0 Å². The molecule has 0 saturated carbocycles. The van der Waals surface area contributed by atoms with Gasteiger partial charge in [0.25, 0.3) is 0 Å². The molecule has 110 valence electrons. The highest BCUT2D eigenvalue weighted by atomic mass is 16.5. The summed E-state index contributed by atoms with van der Waals surface area (Å²) in [6.07, 6.45) is 0.0267. The number of carbonyl (C=O) groups is 1. The number of morpholine rings is 1. The number of rotatable bonds is 4. The second-order valence-electron chi connectivity index (χ2n) is 5.08. The van der Waals surface area contributed by atoms with Crippen LogP contribution in [0.2, 0.25) is 0 Å². The number of anilines is 1. The Morgan fingerprint density at radius 3 is 2.90 bits per heavy atom. The third-order valence-corrected chi connectivity index (χ3v) is 3.51. The zero-order valence-electron chi connectivity index (χ0n) is 12.0. The Morgan fingerprint density at radius 1 is 1.50 bits per heavy atom. The summed E-state index contributed by atoms with van der Waals surface area (Å²) in [6.45, 7) is 6.42. The van der Waals surface area contributed by atoms with Crippen molar-refractivity contribution in [2.45, 2.75) is 20.0 Å². The van der Waals surface area contributed by atoms with E-state index in [2.05, 4.69) is 20.4 Å². The number of carboxylic acid groups (broad SMARTS) is 1. The minimum absolute atomic E-state index is 0.0267. The number of hydrogen-bond donors (Lipinski definition) is 2. The van der Waals surface area contributed by atoms with E-state index in [4.69, 9.17) is 4.74 Å². The molecule has 1 fully saturated rings. The van der Waals surface area contributed by atoms with Crippen molar-refractivity contribution in [2.75, 3.05) is 38.6 Å². The molecule has 0 amide bonds. The van der Waals surface area contributed by atoms with Gasteiger partial charge in [0.15, 0.2) is 5.82 Å². The molecule has 0 bridgehead atoms. The maximum absolute atomic E-state index is 11.4. The number of likely N-dealkylation sites (N-methyl/N-ethyl adjacent to an activating group) is 1. The Balaban J connectivity index is 2.09. The highest BCUT2D eigenvalue weighted by molar-refractivity contribution is 5.94. The van der Waals surface area contributed by atoms with Gasteiger partial charge in [-0.15, -0.1) is 5.10 Å². The Bertz CT molecular complexity index is 507. The van der Waals surface area contributed by atoms with Gasteiger partial charge in [0.1, 0.15) is 5.56 Å². The molecule has 2 rings (SSSR count). The summed E-state index contributed by atoms with van der Waals surface area (Å²) in [5, 5.41) is 20.3. The van der Waals surface area contributed by atoms with Gasteiger partial charge in [0.2, 0.25) is 0 Å². The van der Waals surface area contributed by atoms with Gasteiger partial charge in [-0.3, -0.25) is 0 Å². The fraction of sp³-hybridized carbons (Fsp3) is 0.615. The quantitative estimate of drug-likeness (QED) is 0.832. The third kappa shape index (κ3) is 3.23. The highest BCUT2D eigenvalue weighted by Gasteiger charge is 2.21. The van der Waals surface area contributed by atoms with Gasteiger partial charge in [-0.25, -0.2) is 4.79 Å². The van der Waals surface area contributed by atoms with E-state index in [9.17, 15) is 9.90 Å². The topological polar surface area (TPSA) is 87.6 Å². The second-order valence-corrected chi connectivity index (χ2v) is 5.08. The Kier molecular flexibility index (Phi) is 4.51. The van der Waals surface area contributed by atoms with Crippen LogP contribution in [0.15, 0.2) is 0 Å². The molecule has 7 nitrogen and oxygen atoms in total. The molecule has 1 aromatic heterocycles. The molecule has 1 atom stereocenters. The summed E-state index contributed by atoms with van der Waals surface area (Å²) in [5.41, 5.74) is 1.44. The molecular weight excluding hydrogens is 260 g/mol. The first-order chi connectivity index (χ1) is 9.49. The molecule has 2 N–H and O–H groups in total. The summed E-state index contributed by atoms with van der Waals surface area (Å²) in [4.78, 5) is 13.5. The molecule has 1 aliphatic heterocycles. The lowest BCUT2D eigenvalue weighted by atomic mass is 10.1. The maximum atomic E-state index is 11.4. The van der Waals surface area contributed by atoms with Crippen molar-refractivity contribution >= 4 is 11.8 Å². The predicted octanol–water partition coefficient (Wildman–Crippen LogP) is 0.534. The molecule has 7 heteroatoms. The van der Waals surface area contributed by atoms with Crippen LogP contribution in [0.3, 0.4) is 0 Å². The number of aromatic carboxylic acids is 1. The fourth-order valence-corrected chi connectivity index (χ4v) is 2.19. The van der Waals surface area contributed by atoms with Gasteiger partial charge in [-0.1, -0.05) is 0 Å². The summed E-state index contributed by atoms with van der Waals surface area (Å²) < 4.78 is 5.62. The largest absolute Gasteiger partial charge is 0.478 e. The molecule has 0 radical (unpaired) electrons. The maximum Gasteiger partial charge on any atom is 0.339 e. The lowest BCUT2D eigenvalue weighted by Gasteiger charge is -2.30. The van der Waals surface area contributed by atoms with Gasteiger partial charge in [0, 0.05) is 19.6 Å². The second kappa shape index (κ2) is 6.15. The number of aryl methyl sites for hydroxylation is 1. The number of nitrogens with one attached hydrogen (secondary N) is 1. The highest BCUT2D eigenvalue weighted by Crippen LogP contribution is 2.18. The Hall–Kier alpha value is -1.73. The van der Waals surface area contributed by atoms with E-state index in [0.29, 0.717) is 30.2 Å². The summed E-state index contributed by atoms with van der Waals surface area (Å²) in [5.74, 6) is -0.692. The normalized spacial score (nSPS) is 19.9. The van der Waals surface area contributed by atoms with E-state index in [0.717, 1.165) is 13.1 Å². The standard InChI is InChI=1S/C13H20N4O3/c1-8-9(2)15-16-12(11(8)13(18)19)14-6-10-7-17(3)4-5-20-10/h10H,4-7H2,1-3H3,(H,14,16)(H,18,19). The van der Waals surface area contributed by atoms with Crippen LogP contribution in [-0.2, 0) is 4.74 Å². The summed E-state index contributed by atoms with van der Waals surface area (Å²) in [7, 11) is 2.04. The molecule has 20 heavy (non-hydrogen) atoms. The zero-order valence-corrected chi connectivity index (χ0v) is 12.0. The lowest BCUT2D eigenvalue weighted by molar-refractivity contribution is -0.0117. The number of nitrogens with zero attached hydrogens (tertiary/aromatic N) is 3. The lowest BCUT2D eigenvalue weighted by Crippen LogP contribution is -2.43. The molecule has 1 unspecified atom stereocenters. The number of hydrogen-bond acceptors (Lipinski definition) is 6. The molecular formula is C13H20N4O3. The average Bonchev–Trinajstić information content (AvgIpc) is 2.39. The minimum Gasteiger partial charge on any atom is -0.478 e. The molecule has 1 aliphatic rings. The van der Waals surface area contributed by atoms with Gasteiger partial charge >= 0.3 is 5.97 Å². The van der Waals surface area contributed by atoms with Crippen LogP contribution < -0.4 is 5.32 Å². The third-order valence-electron chi connectivity index (χ3n) is 3.51. The van der Waals surface area contributed by atoms with E-state index < -0.39 is 5.97 Å². The first-order valence-electron chi connectivity index (χ1n) is 6.60. The van der Waals surface area contributed by atoms with Crippen LogP contribution in [0, 0.1) is 13.8 Å². The SMILES string of the molecule is Cc1nnc(NCC2CN(C)CCO2)c(C(=O)O)c1C. The van der Waals surface area contributed by atoms with Crippen molar-refractivity contribution in [3.05, 3.63) is 16.8 Å². The Labute approximate surface area is 117 Å². The fourth-order valence-electron chi connectivity index (χ4n) is 2.19. The first-order valence-corrected chi connectivity index (χ1v) is 6.60. The van der Waals surface area contributed by atoms with Crippen molar-refractivity contribution in [3.63, 3.8) is 0 Å². The number of carboxylic acids is 1. The Morgan fingerprint density at radius 2 is 2.25 bits per heavy atom. The monoisotopic (exact) mass is 280 g/mol. The van der Waals surface area contributed by atoms with Crippen molar-refractivity contribution < 1.29 is 14.6 Å². The average molecular weight is 280 g/mol. The van der Waals surface area contributed by atoms with Crippen LogP contribution in [0.25, 0.3) is 0 Å². The molecule has 1 saturated heterocycles. The molecule has 2 heterocycles. The van der Waals surface area contributed by atoms with Gasteiger partial charge in [0.05, 0.1) is 18.4 Å². The van der Waals surface area contributed by atoms with E-state index >= 15 is 0 Å². The number of aromatic nitrogens is 2. The van der Waals surface area contributed by atoms with Crippen molar-refractivity contribution in [2.24, 2.45) is 0 Å². The molecule has 0 spiro atoms. The predicted molar refractivity (Wildman–Crippen MR) is 74.2 cm³/mol. The summed E-state index contributed by atoms with van der Waals surface area (Å²) in [6, 6.07) is 0. The van der Waals surface area contributed by atoms with Gasteiger partial charge in [-0.05, 0) is 26.5 Å². The van der Waals surface area contributed by atoms with Crippen LogP contribution in [0.5, 0.6) is 0 Å². The van der Waals surface area contributed by atoms with E-state index in [1.165, 1.54) is 0 Å². The van der Waals surface area contributed by atoms with Crippen LogP contribution in [0.1, 0.15) is 21.6 Å². The molecule has 0 aromatic carbocycles. The smallest absolute Gasteiger partial charge is 0.339 e. The van der Waals surface area contributed by atoms with Crippen LogP contribution in [0.4, 0.5) is 5.82 Å². The van der Waals surface area contributed by atoms with E-state index in [1.54, 1.807) is 13.8 Å². The van der Waals surface area contributed by atoms with Crippen LogP contribution >= 0.6 is 0 Å². The zero-order chi connectivity index (χ0) is 14.7. The van der Waals surface area contributed by atoms with Gasteiger partial charge in [-0.2, -0.15) is 5.10 Å². The van der Waals surface area contributed by atoms with E-state index in [1.807, 2.05) is 7.05 Å². The van der Waals surface area contributed by atoms with E-state index in [-0.39, 0.29) is 11.7 Å². The minimum atomic E-state index is -0.996. The molecule has 1 aromatic rings. The first kappa shape index (κ1) is 14.7. The van der Waals surface area contributed by atoms with Crippen LogP contribution in [-0.4, -0.2) is 65.6 Å². The van der Waals surface area contributed by atoms with Crippen molar-refractivity contribution in [1.82, 2.24) is 15.1 Å².